The van der Waals surface area contributed by atoms with Crippen LogP contribution in [0.3, 0.4) is 0 Å². The second-order valence-corrected chi connectivity index (χ2v) is 10.5. The summed E-state index contributed by atoms with van der Waals surface area (Å²) in [5.41, 5.74) is 1.68. The zero-order valence-electron chi connectivity index (χ0n) is 24.9. The fourth-order valence-electron chi connectivity index (χ4n) is 4.53. The average Bonchev–Trinajstić information content (AvgIpc) is 3.37. The normalized spacial score (nSPS) is 11.0. The van der Waals surface area contributed by atoms with Crippen LogP contribution in [0.5, 0.6) is 23.0 Å². The summed E-state index contributed by atoms with van der Waals surface area (Å²) in [6.07, 6.45) is -0.0359. The molecule has 0 unspecified atom stereocenters. The molecule has 0 saturated heterocycles. The van der Waals surface area contributed by atoms with Crippen LogP contribution in [0.4, 0.5) is 5.69 Å². The molecule has 0 atom stereocenters. The Balaban J connectivity index is 1.55. The molecule has 2 N–H and O–H groups in total. The number of aromatic nitrogens is 2. The van der Waals surface area contributed by atoms with Gasteiger partial charge >= 0.3 is 5.97 Å². The van der Waals surface area contributed by atoms with Gasteiger partial charge in [-0.2, -0.15) is 5.10 Å². The van der Waals surface area contributed by atoms with Crippen LogP contribution in [-0.2, 0) is 0 Å². The predicted octanol–water partition coefficient (Wildman–Crippen LogP) is 7.86. The first-order valence-electron chi connectivity index (χ1n) is 14.2. The van der Waals surface area contributed by atoms with E-state index in [1.54, 1.807) is 72.8 Å². The molecule has 5 rings (SSSR count). The number of carbonyl (C=O) groups is 2. The number of para-hydroxylation sites is 1. The van der Waals surface area contributed by atoms with E-state index in [-0.39, 0.29) is 23.6 Å². The van der Waals surface area contributed by atoms with Crippen molar-refractivity contribution in [2.24, 2.45) is 0 Å². The molecule has 44 heavy (non-hydrogen) atoms. The first-order valence-corrected chi connectivity index (χ1v) is 14.2. The van der Waals surface area contributed by atoms with Crippen molar-refractivity contribution in [3.63, 3.8) is 0 Å². The summed E-state index contributed by atoms with van der Waals surface area (Å²) in [4.78, 5) is 25.9. The highest BCUT2D eigenvalue weighted by Crippen LogP contribution is 2.36. The molecule has 0 aliphatic heterocycles. The van der Waals surface area contributed by atoms with Crippen LogP contribution in [0.25, 0.3) is 16.9 Å². The lowest BCUT2D eigenvalue weighted by molar-refractivity contribution is 0.0691. The minimum atomic E-state index is -1.29. The Labute approximate surface area is 255 Å². The van der Waals surface area contributed by atoms with Crippen LogP contribution >= 0.6 is 0 Å². The standard InChI is InChI=1S/C35H33N3O6/c1-22(2)42-28-16-10-24(11-17-28)33-31(36-34(39)25-12-18-29(19-13-25)43-23(3)4)32(35(40)41)37-38(33)26-14-20-30(21-15-26)44-27-8-6-5-7-9-27/h5-23H,1-4H3,(H,36,39)(H,40,41). The van der Waals surface area contributed by atoms with Crippen molar-refractivity contribution in [1.82, 2.24) is 9.78 Å². The van der Waals surface area contributed by atoms with Crippen molar-refractivity contribution in [2.45, 2.75) is 39.9 Å². The molecule has 0 aliphatic rings. The van der Waals surface area contributed by atoms with Crippen LogP contribution in [0.15, 0.2) is 103 Å². The second-order valence-electron chi connectivity index (χ2n) is 10.5. The molecule has 224 valence electrons. The van der Waals surface area contributed by atoms with Crippen molar-refractivity contribution in [3.05, 3.63) is 114 Å². The molecule has 1 aromatic heterocycles. The Hall–Kier alpha value is -5.57. The number of nitrogens with zero attached hydrogens (tertiary/aromatic N) is 2. The Bertz CT molecular complexity index is 1730. The number of benzene rings is 4. The molecule has 0 radical (unpaired) electrons. The number of carboxylic acid groups (broad SMARTS) is 1. The van der Waals surface area contributed by atoms with Crippen molar-refractivity contribution in [2.75, 3.05) is 5.32 Å². The van der Waals surface area contributed by atoms with Crippen LogP contribution < -0.4 is 19.5 Å². The molecule has 5 aromatic rings. The molecule has 0 fully saturated rings. The van der Waals surface area contributed by atoms with Crippen LogP contribution in [-0.4, -0.2) is 39.0 Å². The zero-order chi connectivity index (χ0) is 31.2. The summed E-state index contributed by atoms with van der Waals surface area (Å²) in [7, 11) is 0. The van der Waals surface area contributed by atoms with Gasteiger partial charge in [0.05, 0.1) is 23.6 Å². The maximum Gasteiger partial charge on any atom is 0.358 e. The smallest absolute Gasteiger partial charge is 0.358 e. The minimum absolute atomic E-state index is 0.0162. The molecule has 1 heterocycles. The monoisotopic (exact) mass is 591 g/mol. The Morgan fingerprint density at radius 3 is 1.77 bits per heavy atom. The molecular weight excluding hydrogens is 558 g/mol. The Kier molecular flexibility index (Phi) is 8.95. The van der Waals surface area contributed by atoms with Gasteiger partial charge < -0.3 is 24.6 Å². The van der Waals surface area contributed by atoms with E-state index in [2.05, 4.69) is 10.4 Å². The summed E-state index contributed by atoms with van der Waals surface area (Å²) in [5, 5.41) is 17.4. The van der Waals surface area contributed by atoms with Gasteiger partial charge in [0.25, 0.3) is 5.91 Å². The lowest BCUT2D eigenvalue weighted by Crippen LogP contribution is -2.15. The Morgan fingerprint density at radius 1 is 0.705 bits per heavy atom. The fourth-order valence-corrected chi connectivity index (χ4v) is 4.53. The van der Waals surface area contributed by atoms with E-state index >= 15 is 0 Å². The average molecular weight is 592 g/mol. The minimum Gasteiger partial charge on any atom is -0.491 e. The highest BCUT2D eigenvalue weighted by molar-refractivity contribution is 6.10. The Morgan fingerprint density at radius 2 is 1.23 bits per heavy atom. The van der Waals surface area contributed by atoms with Gasteiger partial charge in [0, 0.05) is 11.1 Å². The van der Waals surface area contributed by atoms with Crippen molar-refractivity contribution in [3.8, 4) is 39.9 Å². The molecule has 9 heteroatoms. The maximum atomic E-state index is 13.4. The summed E-state index contributed by atoms with van der Waals surface area (Å²) < 4.78 is 18.9. The van der Waals surface area contributed by atoms with Crippen LogP contribution in [0, 0.1) is 0 Å². The van der Waals surface area contributed by atoms with Crippen molar-refractivity contribution < 1.29 is 28.9 Å². The summed E-state index contributed by atoms with van der Waals surface area (Å²) in [6, 6.07) is 30.3. The number of hydrogen-bond donors (Lipinski definition) is 2. The third-order valence-corrected chi connectivity index (χ3v) is 6.37. The van der Waals surface area contributed by atoms with Gasteiger partial charge in [-0.15, -0.1) is 0 Å². The highest BCUT2D eigenvalue weighted by Gasteiger charge is 2.27. The van der Waals surface area contributed by atoms with E-state index in [0.717, 1.165) is 0 Å². The van der Waals surface area contributed by atoms with E-state index in [4.69, 9.17) is 14.2 Å². The SMILES string of the molecule is CC(C)Oc1ccc(C(=O)Nc2c(C(=O)O)nn(-c3ccc(Oc4ccccc4)cc3)c2-c2ccc(OC(C)C)cc2)cc1. The molecule has 0 spiro atoms. The molecule has 0 bridgehead atoms. The first-order chi connectivity index (χ1) is 21.2. The van der Waals surface area contributed by atoms with Gasteiger partial charge in [0.15, 0.2) is 5.69 Å². The maximum absolute atomic E-state index is 13.4. The van der Waals surface area contributed by atoms with E-state index in [1.165, 1.54) is 4.68 Å². The van der Waals surface area contributed by atoms with E-state index < -0.39 is 11.9 Å². The number of amides is 1. The van der Waals surface area contributed by atoms with E-state index in [0.29, 0.717) is 45.5 Å². The van der Waals surface area contributed by atoms with E-state index in [1.807, 2.05) is 58.0 Å². The fraction of sp³-hybridized carbons (Fsp3) is 0.171. The van der Waals surface area contributed by atoms with Gasteiger partial charge in [-0.1, -0.05) is 18.2 Å². The quantitative estimate of drug-likeness (QED) is 0.161. The third-order valence-electron chi connectivity index (χ3n) is 6.37. The number of rotatable bonds is 11. The van der Waals surface area contributed by atoms with Crippen LogP contribution in [0.1, 0.15) is 48.5 Å². The van der Waals surface area contributed by atoms with Crippen LogP contribution in [0.2, 0.25) is 0 Å². The number of aromatic carboxylic acids is 1. The lowest BCUT2D eigenvalue weighted by atomic mass is 10.1. The van der Waals surface area contributed by atoms with Crippen molar-refractivity contribution in [1.29, 1.82) is 0 Å². The molecule has 9 nitrogen and oxygen atoms in total. The van der Waals surface area contributed by atoms with E-state index in [9.17, 15) is 14.7 Å². The number of carboxylic acids is 1. The van der Waals surface area contributed by atoms with Gasteiger partial charge in [-0.3, -0.25) is 4.79 Å². The number of hydrogen-bond acceptors (Lipinski definition) is 6. The van der Waals surface area contributed by atoms with Crippen molar-refractivity contribution >= 4 is 17.6 Å². The predicted molar refractivity (Wildman–Crippen MR) is 168 cm³/mol. The summed E-state index contributed by atoms with van der Waals surface area (Å²) in [5.74, 6) is 0.789. The highest BCUT2D eigenvalue weighted by atomic mass is 16.5. The molecule has 4 aromatic carbocycles. The van der Waals surface area contributed by atoms with Gasteiger partial charge in [0.2, 0.25) is 0 Å². The topological polar surface area (TPSA) is 112 Å². The second kappa shape index (κ2) is 13.2. The number of ether oxygens (including phenoxy) is 3. The summed E-state index contributed by atoms with van der Waals surface area (Å²) in [6.45, 7) is 7.70. The number of nitrogens with one attached hydrogen (secondary N) is 1. The number of anilines is 1. The lowest BCUT2D eigenvalue weighted by Gasteiger charge is -2.14. The molecule has 0 saturated carbocycles. The third kappa shape index (κ3) is 7.07. The first kappa shape index (κ1) is 29.9. The zero-order valence-corrected chi connectivity index (χ0v) is 24.9. The van der Waals surface area contributed by atoms with Gasteiger partial charge in [-0.05, 0) is 113 Å². The largest absolute Gasteiger partial charge is 0.491 e. The van der Waals surface area contributed by atoms with Gasteiger partial charge in [-0.25, -0.2) is 9.48 Å². The summed E-state index contributed by atoms with van der Waals surface area (Å²) >= 11 is 0. The molecule has 0 aliphatic carbocycles. The number of carbonyl (C=O) groups excluding carboxylic acids is 1. The molecule has 1 amide bonds. The molecular formula is C35H33N3O6. The van der Waals surface area contributed by atoms with Gasteiger partial charge in [0.1, 0.15) is 28.7 Å².